The van der Waals surface area contributed by atoms with Crippen LogP contribution in [0.2, 0.25) is 0 Å². The molecule has 2 N–H and O–H groups in total. The van der Waals surface area contributed by atoms with Crippen molar-refractivity contribution in [1.82, 2.24) is 15.6 Å². The lowest BCUT2D eigenvalue weighted by Gasteiger charge is -2.16. The van der Waals surface area contributed by atoms with Gasteiger partial charge in [0.25, 0.3) is 0 Å². The van der Waals surface area contributed by atoms with Gasteiger partial charge in [-0.15, -0.1) is 0 Å². The Kier molecular flexibility index (Phi) is 7.63. The van der Waals surface area contributed by atoms with Gasteiger partial charge in [0.05, 0.1) is 12.2 Å². The summed E-state index contributed by atoms with van der Waals surface area (Å²) < 4.78 is 0. The number of aromatic nitrogens is 1. The summed E-state index contributed by atoms with van der Waals surface area (Å²) in [5, 5.41) is 6.67. The van der Waals surface area contributed by atoms with Gasteiger partial charge >= 0.3 is 0 Å². The zero-order valence-corrected chi connectivity index (χ0v) is 12.3. The van der Waals surface area contributed by atoms with Crippen LogP contribution in [0.4, 0.5) is 0 Å². The maximum atomic E-state index is 4.56. The van der Waals surface area contributed by atoms with E-state index >= 15 is 0 Å². The second-order valence-corrected chi connectivity index (χ2v) is 4.58. The molecule has 0 unspecified atom stereocenters. The van der Waals surface area contributed by atoms with Crippen molar-refractivity contribution in [2.45, 2.75) is 40.2 Å². The average molecular weight is 262 g/mol. The van der Waals surface area contributed by atoms with E-state index in [0.29, 0.717) is 12.5 Å². The quantitative estimate of drug-likeness (QED) is 0.586. The standard InChI is InChI=1S/C15H26N4/c1-4-13(5-2)11-18-15(16-6-3)19-12-14-9-7-8-10-17-14/h7-10,13H,4-6,11-12H2,1-3H3,(H2,16,18,19). The molecule has 4 nitrogen and oxygen atoms in total. The van der Waals surface area contributed by atoms with E-state index in [-0.39, 0.29) is 0 Å². The predicted octanol–water partition coefficient (Wildman–Crippen LogP) is 2.57. The number of rotatable bonds is 7. The number of hydrogen-bond acceptors (Lipinski definition) is 2. The van der Waals surface area contributed by atoms with E-state index in [1.807, 2.05) is 18.2 Å². The Bertz CT molecular complexity index is 358. The molecule has 0 aromatic carbocycles. The summed E-state index contributed by atoms with van der Waals surface area (Å²) in [5.74, 6) is 1.58. The van der Waals surface area contributed by atoms with Crippen molar-refractivity contribution in [1.29, 1.82) is 0 Å². The minimum Gasteiger partial charge on any atom is -0.357 e. The van der Waals surface area contributed by atoms with Crippen molar-refractivity contribution in [3.63, 3.8) is 0 Å². The third kappa shape index (κ3) is 6.22. The molecule has 0 fully saturated rings. The van der Waals surface area contributed by atoms with Crippen molar-refractivity contribution in [3.05, 3.63) is 30.1 Å². The highest BCUT2D eigenvalue weighted by Crippen LogP contribution is 2.05. The summed E-state index contributed by atoms with van der Waals surface area (Å²) in [6.07, 6.45) is 4.20. The molecule has 1 aromatic heterocycles. The molecule has 1 rings (SSSR count). The van der Waals surface area contributed by atoms with Gasteiger partial charge in [0, 0.05) is 19.3 Å². The SMILES string of the molecule is CCNC(=NCc1ccccn1)NCC(CC)CC. The fourth-order valence-corrected chi connectivity index (χ4v) is 1.81. The normalized spacial score (nSPS) is 11.7. The molecule has 0 amide bonds. The van der Waals surface area contributed by atoms with Crippen LogP contribution in [-0.2, 0) is 6.54 Å². The molecule has 0 bridgehead atoms. The molecule has 1 heterocycles. The fourth-order valence-electron chi connectivity index (χ4n) is 1.81. The number of guanidine groups is 1. The van der Waals surface area contributed by atoms with Crippen LogP contribution in [0.25, 0.3) is 0 Å². The summed E-state index contributed by atoms with van der Waals surface area (Å²) in [6.45, 7) is 8.99. The first-order chi connectivity index (χ1) is 9.30. The molecular weight excluding hydrogens is 236 g/mol. The first kappa shape index (κ1) is 15.5. The topological polar surface area (TPSA) is 49.3 Å². The molecule has 0 atom stereocenters. The molecule has 0 aliphatic heterocycles. The van der Waals surface area contributed by atoms with Crippen molar-refractivity contribution in [2.24, 2.45) is 10.9 Å². The second kappa shape index (κ2) is 9.36. The van der Waals surface area contributed by atoms with E-state index in [9.17, 15) is 0 Å². The van der Waals surface area contributed by atoms with Gasteiger partial charge in [-0.3, -0.25) is 4.98 Å². The molecule has 0 saturated heterocycles. The van der Waals surface area contributed by atoms with E-state index in [1.54, 1.807) is 6.20 Å². The number of aliphatic imine (C=N–C) groups is 1. The number of pyridine rings is 1. The van der Waals surface area contributed by atoms with Crippen LogP contribution in [0.5, 0.6) is 0 Å². The number of nitrogens with zero attached hydrogens (tertiary/aromatic N) is 2. The Labute approximate surface area is 116 Å². The Hall–Kier alpha value is -1.58. The lowest BCUT2D eigenvalue weighted by molar-refractivity contribution is 0.481. The maximum Gasteiger partial charge on any atom is 0.191 e. The van der Waals surface area contributed by atoms with Crippen LogP contribution in [0, 0.1) is 5.92 Å². The van der Waals surface area contributed by atoms with Crippen LogP contribution in [0.15, 0.2) is 29.4 Å². The van der Waals surface area contributed by atoms with E-state index in [2.05, 4.69) is 41.4 Å². The van der Waals surface area contributed by atoms with Gasteiger partial charge < -0.3 is 10.6 Å². The van der Waals surface area contributed by atoms with Crippen LogP contribution >= 0.6 is 0 Å². The molecule has 0 radical (unpaired) electrons. The van der Waals surface area contributed by atoms with Gasteiger partial charge in [-0.05, 0) is 25.0 Å². The summed E-state index contributed by atoms with van der Waals surface area (Å²) in [6, 6.07) is 5.90. The maximum absolute atomic E-state index is 4.56. The lowest BCUT2D eigenvalue weighted by Crippen LogP contribution is -2.39. The molecule has 0 aliphatic carbocycles. The molecule has 106 valence electrons. The van der Waals surface area contributed by atoms with Gasteiger partial charge in [-0.2, -0.15) is 0 Å². The van der Waals surface area contributed by atoms with Gasteiger partial charge in [-0.1, -0.05) is 32.8 Å². The van der Waals surface area contributed by atoms with Crippen molar-refractivity contribution in [3.8, 4) is 0 Å². The molecule has 19 heavy (non-hydrogen) atoms. The summed E-state index contributed by atoms with van der Waals surface area (Å²) >= 11 is 0. The van der Waals surface area contributed by atoms with Crippen molar-refractivity contribution < 1.29 is 0 Å². The van der Waals surface area contributed by atoms with Crippen LogP contribution < -0.4 is 10.6 Å². The Morgan fingerprint density at radius 2 is 2.00 bits per heavy atom. The monoisotopic (exact) mass is 262 g/mol. The van der Waals surface area contributed by atoms with Gasteiger partial charge in [-0.25, -0.2) is 4.99 Å². The highest BCUT2D eigenvalue weighted by molar-refractivity contribution is 5.79. The molecule has 0 saturated carbocycles. The first-order valence-corrected chi connectivity index (χ1v) is 7.22. The summed E-state index contributed by atoms with van der Waals surface area (Å²) in [7, 11) is 0. The third-order valence-corrected chi connectivity index (χ3v) is 3.18. The Balaban J connectivity index is 2.51. The molecule has 0 aliphatic rings. The van der Waals surface area contributed by atoms with Crippen LogP contribution in [0.1, 0.15) is 39.3 Å². The molecular formula is C15H26N4. The smallest absolute Gasteiger partial charge is 0.191 e. The molecule has 4 heteroatoms. The highest BCUT2D eigenvalue weighted by atomic mass is 15.2. The fraction of sp³-hybridized carbons (Fsp3) is 0.600. The summed E-state index contributed by atoms with van der Waals surface area (Å²) in [4.78, 5) is 8.83. The highest BCUT2D eigenvalue weighted by Gasteiger charge is 2.04. The largest absolute Gasteiger partial charge is 0.357 e. The molecule has 0 spiro atoms. The Morgan fingerprint density at radius 1 is 1.21 bits per heavy atom. The predicted molar refractivity (Wildman–Crippen MR) is 81.1 cm³/mol. The zero-order chi connectivity index (χ0) is 13.9. The van der Waals surface area contributed by atoms with E-state index in [0.717, 1.165) is 24.7 Å². The van der Waals surface area contributed by atoms with Crippen molar-refractivity contribution >= 4 is 5.96 Å². The molecule has 1 aromatic rings. The lowest BCUT2D eigenvalue weighted by atomic mass is 10.0. The van der Waals surface area contributed by atoms with E-state index in [1.165, 1.54) is 12.8 Å². The van der Waals surface area contributed by atoms with Gasteiger partial charge in [0.2, 0.25) is 0 Å². The number of hydrogen-bond donors (Lipinski definition) is 2. The van der Waals surface area contributed by atoms with Gasteiger partial charge in [0.1, 0.15) is 0 Å². The zero-order valence-electron chi connectivity index (χ0n) is 12.3. The van der Waals surface area contributed by atoms with E-state index < -0.39 is 0 Å². The minimum absolute atomic E-state index is 0.610. The minimum atomic E-state index is 0.610. The third-order valence-electron chi connectivity index (χ3n) is 3.18. The van der Waals surface area contributed by atoms with Crippen LogP contribution in [0.3, 0.4) is 0 Å². The van der Waals surface area contributed by atoms with Crippen molar-refractivity contribution in [2.75, 3.05) is 13.1 Å². The van der Waals surface area contributed by atoms with E-state index in [4.69, 9.17) is 0 Å². The first-order valence-electron chi connectivity index (χ1n) is 7.22. The van der Waals surface area contributed by atoms with Gasteiger partial charge in [0.15, 0.2) is 5.96 Å². The summed E-state index contributed by atoms with van der Waals surface area (Å²) in [5.41, 5.74) is 0.988. The second-order valence-electron chi connectivity index (χ2n) is 4.58. The Morgan fingerprint density at radius 3 is 2.58 bits per heavy atom. The van der Waals surface area contributed by atoms with Crippen LogP contribution in [-0.4, -0.2) is 24.0 Å². The average Bonchev–Trinajstić information content (AvgIpc) is 2.46. The number of nitrogens with one attached hydrogen (secondary N) is 2.